The lowest BCUT2D eigenvalue weighted by molar-refractivity contribution is 0.0357. The molecule has 0 aliphatic carbocycles. The minimum absolute atomic E-state index is 0.141. The monoisotopic (exact) mass is 278 g/mol. The van der Waals surface area contributed by atoms with Gasteiger partial charge in [0, 0.05) is 19.6 Å². The normalized spacial score (nSPS) is 18.2. The SMILES string of the molecule is CC(C)Oc1cc(C(C)CN2CCOCC2)ccc1N. The van der Waals surface area contributed by atoms with Crippen LogP contribution in [-0.2, 0) is 4.74 Å². The summed E-state index contributed by atoms with van der Waals surface area (Å²) in [5, 5.41) is 0. The largest absolute Gasteiger partial charge is 0.489 e. The molecule has 0 amide bonds. The van der Waals surface area contributed by atoms with Crippen LogP contribution >= 0.6 is 0 Å². The Bertz CT molecular complexity index is 428. The molecule has 20 heavy (non-hydrogen) atoms. The molecule has 1 fully saturated rings. The quantitative estimate of drug-likeness (QED) is 0.841. The Hall–Kier alpha value is -1.26. The summed E-state index contributed by atoms with van der Waals surface area (Å²) >= 11 is 0. The summed E-state index contributed by atoms with van der Waals surface area (Å²) in [7, 11) is 0. The maximum atomic E-state index is 5.97. The van der Waals surface area contributed by atoms with Crippen LogP contribution in [0.2, 0.25) is 0 Å². The first kappa shape index (κ1) is 15.1. The van der Waals surface area contributed by atoms with Crippen molar-refractivity contribution in [3.8, 4) is 5.75 Å². The summed E-state index contributed by atoms with van der Waals surface area (Å²) in [4.78, 5) is 2.45. The first-order valence-electron chi connectivity index (χ1n) is 7.42. The van der Waals surface area contributed by atoms with Crippen LogP contribution in [0.1, 0.15) is 32.3 Å². The van der Waals surface area contributed by atoms with Gasteiger partial charge in [-0.2, -0.15) is 0 Å². The van der Waals surface area contributed by atoms with Gasteiger partial charge in [0.1, 0.15) is 5.75 Å². The molecule has 1 unspecified atom stereocenters. The van der Waals surface area contributed by atoms with Crippen molar-refractivity contribution in [3.63, 3.8) is 0 Å². The van der Waals surface area contributed by atoms with E-state index in [-0.39, 0.29) is 6.10 Å². The third kappa shape index (κ3) is 4.12. The summed E-state index contributed by atoms with van der Waals surface area (Å²) in [5.41, 5.74) is 7.96. The van der Waals surface area contributed by atoms with E-state index in [1.54, 1.807) is 0 Å². The van der Waals surface area contributed by atoms with Crippen molar-refractivity contribution < 1.29 is 9.47 Å². The molecule has 0 saturated carbocycles. The highest BCUT2D eigenvalue weighted by Crippen LogP contribution is 2.28. The van der Waals surface area contributed by atoms with Crippen LogP contribution in [0.15, 0.2) is 18.2 Å². The van der Waals surface area contributed by atoms with E-state index in [1.807, 2.05) is 19.9 Å². The van der Waals surface area contributed by atoms with E-state index >= 15 is 0 Å². The second kappa shape index (κ2) is 6.95. The van der Waals surface area contributed by atoms with Gasteiger partial charge in [-0.1, -0.05) is 13.0 Å². The van der Waals surface area contributed by atoms with Crippen molar-refractivity contribution in [2.45, 2.75) is 32.8 Å². The first-order chi connectivity index (χ1) is 9.56. The van der Waals surface area contributed by atoms with Gasteiger partial charge in [-0.15, -0.1) is 0 Å². The molecule has 0 spiro atoms. The molecule has 1 aromatic carbocycles. The summed E-state index contributed by atoms with van der Waals surface area (Å²) in [5.74, 6) is 1.26. The smallest absolute Gasteiger partial charge is 0.142 e. The van der Waals surface area contributed by atoms with Crippen LogP contribution < -0.4 is 10.5 Å². The molecule has 1 aliphatic heterocycles. The molecule has 1 saturated heterocycles. The van der Waals surface area contributed by atoms with Crippen molar-refractivity contribution in [1.29, 1.82) is 0 Å². The Morgan fingerprint density at radius 2 is 1.95 bits per heavy atom. The van der Waals surface area contributed by atoms with Gasteiger partial charge < -0.3 is 15.2 Å². The van der Waals surface area contributed by atoms with E-state index in [2.05, 4.69) is 24.0 Å². The Balaban J connectivity index is 2.03. The predicted molar refractivity (Wildman–Crippen MR) is 82.3 cm³/mol. The zero-order valence-corrected chi connectivity index (χ0v) is 12.8. The number of benzene rings is 1. The fourth-order valence-corrected chi connectivity index (χ4v) is 2.49. The number of nitrogens with two attached hydrogens (primary N) is 1. The summed E-state index contributed by atoms with van der Waals surface area (Å²) < 4.78 is 11.2. The molecule has 1 heterocycles. The van der Waals surface area contributed by atoms with E-state index in [4.69, 9.17) is 15.2 Å². The van der Waals surface area contributed by atoms with Gasteiger partial charge in [0.15, 0.2) is 0 Å². The lowest BCUT2D eigenvalue weighted by atomic mass is 9.99. The van der Waals surface area contributed by atoms with Crippen molar-refractivity contribution in [3.05, 3.63) is 23.8 Å². The first-order valence-corrected chi connectivity index (χ1v) is 7.42. The number of morpholine rings is 1. The fourth-order valence-electron chi connectivity index (χ4n) is 2.49. The lowest BCUT2D eigenvalue weighted by Gasteiger charge is -2.29. The average Bonchev–Trinajstić information content (AvgIpc) is 2.42. The van der Waals surface area contributed by atoms with E-state index in [1.165, 1.54) is 5.56 Å². The third-order valence-electron chi connectivity index (χ3n) is 3.61. The molecule has 0 bridgehead atoms. The Labute approximate surface area is 121 Å². The third-order valence-corrected chi connectivity index (χ3v) is 3.61. The van der Waals surface area contributed by atoms with Crippen LogP contribution in [0.4, 0.5) is 5.69 Å². The maximum absolute atomic E-state index is 5.97. The molecule has 1 aromatic rings. The number of anilines is 1. The van der Waals surface area contributed by atoms with E-state index in [9.17, 15) is 0 Å². The molecule has 0 radical (unpaired) electrons. The molecule has 2 rings (SSSR count). The minimum atomic E-state index is 0.141. The average molecular weight is 278 g/mol. The van der Waals surface area contributed by atoms with Crippen LogP contribution in [0, 0.1) is 0 Å². The molecule has 4 heteroatoms. The van der Waals surface area contributed by atoms with E-state index in [0.717, 1.165) is 38.6 Å². The fraction of sp³-hybridized carbons (Fsp3) is 0.625. The number of rotatable bonds is 5. The summed E-state index contributed by atoms with van der Waals surface area (Å²) in [6.07, 6.45) is 0.141. The summed E-state index contributed by atoms with van der Waals surface area (Å²) in [6, 6.07) is 6.14. The van der Waals surface area contributed by atoms with Crippen molar-refractivity contribution in [2.75, 3.05) is 38.6 Å². The number of hydrogen-bond donors (Lipinski definition) is 1. The number of nitrogen functional groups attached to an aromatic ring is 1. The number of ether oxygens (including phenoxy) is 2. The molecule has 2 N–H and O–H groups in total. The number of nitrogens with zero attached hydrogens (tertiary/aromatic N) is 1. The molecular formula is C16H26N2O2. The molecular weight excluding hydrogens is 252 g/mol. The Morgan fingerprint density at radius 3 is 2.60 bits per heavy atom. The van der Waals surface area contributed by atoms with Crippen molar-refractivity contribution >= 4 is 5.69 Å². The number of hydrogen-bond acceptors (Lipinski definition) is 4. The van der Waals surface area contributed by atoms with Gasteiger partial charge in [-0.25, -0.2) is 0 Å². The second-order valence-electron chi connectivity index (χ2n) is 5.78. The van der Waals surface area contributed by atoms with E-state index < -0.39 is 0 Å². The Kier molecular flexibility index (Phi) is 5.26. The van der Waals surface area contributed by atoms with Crippen LogP contribution in [0.5, 0.6) is 5.75 Å². The lowest BCUT2D eigenvalue weighted by Crippen LogP contribution is -2.38. The highest BCUT2D eigenvalue weighted by atomic mass is 16.5. The van der Waals surface area contributed by atoms with Gasteiger partial charge in [0.2, 0.25) is 0 Å². The molecule has 1 aliphatic rings. The Morgan fingerprint density at radius 1 is 1.25 bits per heavy atom. The minimum Gasteiger partial charge on any atom is -0.489 e. The highest BCUT2D eigenvalue weighted by Gasteiger charge is 2.16. The van der Waals surface area contributed by atoms with Gasteiger partial charge in [-0.3, -0.25) is 4.90 Å². The van der Waals surface area contributed by atoms with Gasteiger partial charge in [0.25, 0.3) is 0 Å². The summed E-state index contributed by atoms with van der Waals surface area (Å²) in [6.45, 7) is 11.1. The van der Waals surface area contributed by atoms with E-state index in [0.29, 0.717) is 11.6 Å². The zero-order chi connectivity index (χ0) is 14.5. The maximum Gasteiger partial charge on any atom is 0.142 e. The van der Waals surface area contributed by atoms with Crippen LogP contribution in [-0.4, -0.2) is 43.9 Å². The molecule has 0 aromatic heterocycles. The van der Waals surface area contributed by atoms with Gasteiger partial charge >= 0.3 is 0 Å². The zero-order valence-electron chi connectivity index (χ0n) is 12.8. The predicted octanol–water partition coefficient (Wildman–Crippen LogP) is 2.49. The second-order valence-corrected chi connectivity index (χ2v) is 5.78. The highest BCUT2D eigenvalue weighted by molar-refractivity contribution is 5.54. The topological polar surface area (TPSA) is 47.7 Å². The van der Waals surface area contributed by atoms with Gasteiger partial charge in [-0.05, 0) is 37.5 Å². The van der Waals surface area contributed by atoms with Gasteiger partial charge in [0.05, 0.1) is 25.0 Å². The standard InChI is InChI=1S/C16H26N2O2/c1-12(2)20-16-10-14(4-5-15(16)17)13(3)11-18-6-8-19-9-7-18/h4-5,10,12-13H,6-9,11,17H2,1-3H3. The molecule has 1 atom stereocenters. The van der Waals surface area contributed by atoms with Crippen LogP contribution in [0.3, 0.4) is 0 Å². The molecule has 4 nitrogen and oxygen atoms in total. The van der Waals surface area contributed by atoms with Crippen LogP contribution in [0.25, 0.3) is 0 Å². The van der Waals surface area contributed by atoms with Crippen molar-refractivity contribution in [2.24, 2.45) is 0 Å². The molecule has 112 valence electrons. The van der Waals surface area contributed by atoms with Crippen molar-refractivity contribution in [1.82, 2.24) is 4.90 Å².